The number of rotatable bonds is 3. The van der Waals surface area contributed by atoms with Crippen LogP contribution in [0.3, 0.4) is 0 Å². The topological polar surface area (TPSA) is 37.8 Å². The summed E-state index contributed by atoms with van der Waals surface area (Å²) in [5, 5.41) is 5.26. The average Bonchev–Trinajstić information content (AvgIpc) is 2.69. The first-order valence-electron chi connectivity index (χ1n) is 5.06. The highest BCUT2D eigenvalue weighted by molar-refractivity contribution is 7.11. The van der Waals surface area contributed by atoms with Crippen molar-refractivity contribution in [3.8, 4) is 0 Å². The van der Waals surface area contributed by atoms with Crippen LogP contribution in [0.2, 0.25) is 10.0 Å². The van der Waals surface area contributed by atoms with Crippen LogP contribution in [-0.2, 0) is 0 Å². The van der Waals surface area contributed by atoms with Crippen molar-refractivity contribution in [2.75, 3.05) is 5.32 Å². The number of nitrogens with one attached hydrogen (secondary N) is 1. The zero-order valence-electron chi connectivity index (χ0n) is 9.37. The average molecular weight is 288 g/mol. The number of aryl methyl sites for hydroxylation is 1. The first-order chi connectivity index (χ1) is 8.06. The van der Waals surface area contributed by atoms with Gasteiger partial charge in [-0.1, -0.05) is 23.2 Å². The van der Waals surface area contributed by atoms with Gasteiger partial charge in [0.05, 0.1) is 16.1 Å². The third-order valence-electron chi connectivity index (χ3n) is 2.17. The molecule has 1 unspecified atom stereocenters. The number of nitrogens with zero attached hydrogens (tertiary/aromatic N) is 2. The van der Waals surface area contributed by atoms with Gasteiger partial charge in [-0.05, 0) is 19.9 Å². The van der Waals surface area contributed by atoms with Crippen molar-refractivity contribution in [3.63, 3.8) is 0 Å². The predicted molar refractivity (Wildman–Crippen MR) is 73.1 cm³/mol. The fraction of sp³-hybridized carbons (Fsp3) is 0.273. The van der Waals surface area contributed by atoms with Crippen molar-refractivity contribution in [2.24, 2.45) is 0 Å². The van der Waals surface area contributed by atoms with Gasteiger partial charge in [-0.15, -0.1) is 11.3 Å². The summed E-state index contributed by atoms with van der Waals surface area (Å²) in [5.74, 6) is 0.622. The summed E-state index contributed by atoms with van der Waals surface area (Å²) in [6.07, 6.45) is 3.42. The van der Waals surface area contributed by atoms with Gasteiger partial charge in [-0.25, -0.2) is 9.97 Å². The summed E-state index contributed by atoms with van der Waals surface area (Å²) in [5.41, 5.74) is 0. The van der Waals surface area contributed by atoms with Crippen LogP contribution < -0.4 is 5.32 Å². The van der Waals surface area contributed by atoms with Gasteiger partial charge in [0.2, 0.25) is 0 Å². The van der Waals surface area contributed by atoms with Crippen molar-refractivity contribution in [3.05, 3.63) is 38.4 Å². The molecular weight excluding hydrogens is 277 g/mol. The monoisotopic (exact) mass is 287 g/mol. The fourth-order valence-electron chi connectivity index (χ4n) is 1.36. The van der Waals surface area contributed by atoms with Gasteiger partial charge in [-0.3, -0.25) is 0 Å². The molecule has 0 aromatic carbocycles. The molecule has 2 heterocycles. The zero-order chi connectivity index (χ0) is 12.4. The van der Waals surface area contributed by atoms with Gasteiger partial charge in [0.15, 0.2) is 0 Å². The minimum absolute atomic E-state index is 0.0693. The number of hydrogen-bond donors (Lipinski definition) is 1. The zero-order valence-corrected chi connectivity index (χ0v) is 11.7. The minimum Gasteiger partial charge on any atom is -0.360 e. The molecular formula is C11H11Cl2N3S. The van der Waals surface area contributed by atoms with Crippen molar-refractivity contribution < 1.29 is 0 Å². The third kappa shape index (κ3) is 3.09. The summed E-state index contributed by atoms with van der Waals surface area (Å²) < 4.78 is 0. The number of thiazole rings is 1. The Kier molecular flexibility index (Phi) is 3.86. The van der Waals surface area contributed by atoms with Gasteiger partial charge >= 0.3 is 0 Å². The number of halogens is 2. The highest BCUT2D eigenvalue weighted by Crippen LogP contribution is 2.27. The van der Waals surface area contributed by atoms with E-state index in [1.165, 1.54) is 4.88 Å². The molecule has 0 fully saturated rings. The molecule has 0 aliphatic heterocycles. The standard InChI is InChI=1S/C11H11Cl2N3S/c1-6-4-15-11(17-6)7(2)16-10-9(13)3-8(12)5-14-10/h3-5,7H,1-2H3,(H,14,16). The van der Waals surface area contributed by atoms with Crippen molar-refractivity contribution in [2.45, 2.75) is 19.9 Å². The molecule has 3 nitrogen and oxygen atoms in total. The van der Waals surface area contributed by atoms with E-state index in [9.17, 15) is 0 Å². The number of pyridine rings is 1. The quantitative estimate of drug-likeness (QED) is 0.913. The lowest BCUT2D eigenvalue weighted by Gasteiger charge is -2.12. The molecule has 0 spiro atoms. The fourth-order valence-corrected chi connectivity index (χ4v) is 2.57. The maximum Gasteiger partial charge on any atom is 0.145 e. The molecule has 0 aliphatic rings. The molecule has 0 saturated carbocycles. The van der Waals surface area contributed by atoms with E-state index in [1.54, 1.807) is 23.6 Å². The van der Waals surface area contributed by atoms with Crippen molar-refractivity contribution in [1.29, 1.82) is 0 Å². The van der Waals surface area contributed by atoms with Crippen LogP contribution >= 0.6 is 34.5 Å². The maximum absolute atomic E-state index is 6.04. The predicted octanol–water partition coefficient (Wildman–Crippen LogP) is 4.33. The molecule has 2 rings (SSSR count). The Morgan fingerprint density at radius 2 is 2.06 bits per heavy atom. The minimum atomic E-state index is 0.0693. The SMILES string of the molecule is Cc1cnc(C(C)Nc2ncc(Cl)cc2Cl)s1. The van der Waals surface area contributed by atoms with Crippen LogP contribution in [-0.4, -0.2) is 9.97 Å². The van der Waals surface area contributed by atoms with Crippen LogP contribution in [0.5, 0.6) is 0 Å². The summed E-state index contributed by atoms with van der Waals surface area (Å²) in [6, 6.07) is 1.73. The molecule has 2 aromatic heterocycles. The van der Waals surface area contributed by atoms with E-state index in [1.807, 2.05) is 20.0 Å². The molecule has 0 saturated heterocycles. The molecule has 1 atom stereocenters. The first kappa shape index (κ1) is 12.6. The van der Waals surface area contributed by atoms with Crippen LogP contribution in [0.15, 0.2) is 18.5 Å². The molecule has 1 N–H and O–H groups in total. The van der Waals surface area contributed by atoms with Crippen molar-refractivity contribution in [1.82, 2.24) is 9.97 Å². The third-order valence-corrected chi connectivity index (χ3v) is 3.76. The molecule has 0 bridgehead atoms. The Labute approximate surface area is 114 Å². The summed E-state index contributed by atoms with van der Waals surface area (Å²) in [7, 11) is 0. The molecule has 2 aromatic rings. The Balaban J connectivity index is 2.15. The summed E-state index contributed by atoms with van der Waals surface area (Å²) in [4.78, 5) is 9.65. The first-order valence-corrected chi connectivity index (χ1v) is 6.63. The van der Waals surface area contributed by atoms with E-state index in [4.69, 9.17) is 23.2 Å². The Morgan fingerprint density at radius 1 is 1.29 bits per heavy atom. The van der Waals surface area contributed by atoms with Gasteiger partial charge in [0.1, 0.15) is 10.8 Å². The molecule has 0 radical (unpaired) electrons. The number of hydrogen-bond acceptors (Lipinski definition) is 4. The summed E-state index contributed by atoms with van der Waals surface area (Å²) in [6.45, 7) is 4.05. The van der Waals surface area contributed by atoms with Gasteiger partial charge in [0.25, 0.3) is 0 Å². The number of aromatic nitrogens is 2. The number of anilines is 1. The lowest BCUT2D eigenvalue weighted by molar-refractivity contribution is 0.861. The van der Waals surface area contributed by atoms with E-state index < -0.39 is 0 Å². The van der Waals surface area contributed by atoms with Gasteiger partial charge < -0.3 is 5.32 Å². The van der Waals surface area contributed by atoms with Crippen LogP contribution in [0, 0.1) is 6.92 Å². The smallest absolute Gasteiger partial charge is 0.145 e. The highest BCUT2D eigenvalue weighted by Gasteiger charge is 2.12. The maximum atomic E-state index is 6.04. The molecule has 17 heavy (non-hydrogen) atoms. The van der Waals surface area contributed by atoms with E-state index in [2.05, 4.69) is 15.3 Å². The lowest BCUT2D eigenvalue weighted by Crippen LogP contribution is -2.07. The van der Waals surface area contributed by atoms with Crippen LogP contribution in [0.1, 0.15) is 22.9 Å². The van der Waals surface area contributed by atoms with E-state index in [-0.39, 0.29) is 6.04 Å². The van der Waals surface area contributed by atoms with Gasteiger partial charge in [-0.2, -0.15) is 0 Å². The largest absolute Gasteiger partial charge is 0.360 e. The Bertz CT molecular complexity index is 527. The Hall–Kier alpha value is -0.840. The molecule has 0 amide bonds. The molecule has 6 heteroatoms. The second kappa shape index (κ2) is 5.21. The van der Waals surface area contributed by atoms with Gasteiger partial charge in [0, 0.05) is 17.3 Å². The second-order valence-electron chi connectivity index (χ2n) is 3.66. The highest BCUT2D eigenvalue weighted by atomic mass is 35.5. The van der Waals surface area contributed by atoms with Crippen molar-refractivity contribution >= 4 is 40.4 Å². The lowest BCUT2D eigenvalue weighted by atomic mass is 10.3. The van der Waals surface area contributed by atoms with E-state index >= 15 is 0 Å². The normalized spacial score (nSPS) is 12.5. The van der Waals surface area contributed by atoms with E-state index in [0.717, 1.165) is 5.01 Å². The van der Waals surface area contributed by atoms with Crippen LogP contribution in [0.4, 0.5) is 5.82 Å². The van der Waals surface area contributed by atoms with Crippen LogP contribution in [0.25, 0.3) is 0 Å². The van der Waals surface area contributed by atoms with E-state index in [0.29, 0.717) is 15.9 Å². The molecule has 90 valence electrons. The Morgan fingerprint density at radius 3 is 2.65 bits per heavy atom. The second-order valence-corrected chi connectivity index (χ2v) is 5.77. The molecule has 0 aliphatic carbocycles. The summed E-state index contributed by atoms with van der Waals surface area (Å²) >= 11 is 13.5.